The number of hydrogen-bond donors (Lipinski definition) is 2. The zero-order valence-electron chi connectivity index (χ0n) is 7.28. The molecule has 74 valence electrons. The monoisotopic (exact) mass is 188 g/mol. The Morgan fingerprint density at radius 1 is 1.92 bits per heavy atom. The number of hydrogen-bond acceptors (Lipinski definition) is 5. The first kappa shape index (κ1) is 9.79. The van der Waals surface area contributed by atoms with E-state index in [-0.39, 0.29) is 6.61 Å². The molecule has 0 spiro atoms. The topological polar surface area (TPSA) is 90.7 Å². The largest absolute Gasteiger partial charge is 0.461 e. The summed E-state index contributed by atoms with van der Waals surface area (Å²) in [4.78, 5) is 21.4. The van der Waals surface area contributed by atoms with Crippen molar-refractivity contribution in [1.29, 1.82) is 0 Å². The van der Waals surface area contributed by atoms with Crippen LogP contribution in [0.15, 0.2) is 0 Å². The number of nitrogens with two attached hydrogens (primary N) is 1. The summed E-state index contributed by atoms with van der Waals surface area (Å²) in [5, 5.41) is 2.44. The number of ether oxygens (including phenoxy) is 2. The van der Waals surface area contributed by atoms with Gasteiger partial charge in [-0.3, -0.25) is 4.79 Å². The number of carbonyl (C=O) groups is 2. The van der Waals surface area contributed by atoms with E-state index in [9.17, 15) is 9.59 Å². The third-order valence-corrected chi connectivity index (χ3v) is 1.53. The number of alkyl carbamates (subject to hydrolysis) is 1. The maximum atomic E-state index is 10.9. The van der Waals surface area contributed by atoms with E-state index in [4.69, 9.17) is 15.2 Å². The van der Waals surface area contributed by atoms with Gasteiger partial charge in [0, 0.05) is 0 Å². The summed E-state index contributed by atoms with van der Waals surface area (Å²) in [5.41, 5.74) is 5.25. The molecule has 1 aliphatic heterocycles. The first-order valence-corrected chi connectivity index (χ1v) is 3.96. The summed E-state index contributed by atoms with van der Waals surface area (Å²) >= 11 is 0. The van der Waals surface area contributed by atoms with Gasteiger partial charge in [0.15, 0.2) is 6.10 Å². The molecule has 0 bridgehead atoms. The van der Waals surface area contributed by atoms with Crippen molar-refractivity contribution < 1.29 is 19.1 Å². The van der Waals surface area contributed by atoms with E-state index in [0.29, 0.717) is 6.54 Å². The predicted molar refractivity (Wildman–Crippen MR) is 42.9 cm³/mol. The van der Waals surface area contributed by atoms with Crippen molar-refractivity contribution in [2.24, 2.45) is 5.73 Å². The molecule has 0 aromatic carbocycles. The first-order chi connectivity index (χ1) is 6.09. The van der Waals surface area contributed by atoms with Crippen LogP contribution in [-0.4, -0.2) is 37.4 Å². The van der Waals surface area contributed by atoms with Gasteiger partial charge < -0.3 is 20.5 Å². The fraction of sp³-hybridized carbons (Fsp3) is 0.714. The lowest BCUT2D eigenvalue weighted by Crippen LogP contribution is -2.32. The highest BCUT2D eigenvalue weighted by molar-refractivity contribution is 5.75. The van der Waals surface area contributed by atoms with E-state index in [1.807, 2.05) is 0 Å². The van der Waals surface area contributed by atoms with Gasteiger partial charge in [-0.25, -0.2) is 4.79 Å². The average Bonchev–Trinajstić information content (AvgIpc) is 2.47. The van der Waals surface area contributed by atoms with Crippen LogP contribution in [0, 0.1) is 0 Å². The third kappa shape index (κ3) is 2.90. The maximum Gasteiger partial charge on any atom is 0.407 e. The van der Waals surface area contributed by atoms with Gasteiger partial charge in [-0.1, -0.05) is 0 Å². The van der Waals surface area contributed by atoms with Crippen molar-refractivity contribution in [3.8, 4) is 0 Å². The fourth-order valence-electron chi connectivity index (χ4n) is 0.831. The molecule has 1 amide bonds. The fourth-order valence-corrected chi connectivity index (χ4v) is 0.831. The average molecular weight is 188 g/mol. The van der Waals surface area contributed by atoms with E-state index < -0.39 is 24.2 Å². The van der Waals surface area contributed by atoms with E-state index in [2.05, 4.69) is 5.32 Å². The van der Waals surface area contributed by atoms with E-state index in [1.54, 1.807) is 0 Å². The van der Waals surface area contributed by atoms with Crippen molar-refractivity contribution in [2.75, 3.05) is 13.2 Å². The van der Waals surface area contributed by atoms with Gasteiger partial charge in [0.05, 0.1) is 6.54 Å². The van der Waals surface area contributed by atoms with E-state index in [0.717, 1.165) is 0 Å². The predicted octanol–water partition coefficient (Wildman–Crippen LogP) is -1.01. The molecule has 1 heterocycles. The molecule has 1 aliphatic rings. The van der Waals surface area contributed by atoms with E-state index in [1.165, 1.54) is 6.92 Å². The molecule has 0 saturated carbocycles. The summed E-state index contributed by atoms with van der Waals surface area (Å²) in [6, 6.07) is -0.648. The van der Waals surface area contributed by atoms with Crippen LogP contribution in [0.3, 0.4) is 0 Å². The van der Waals surface area contributed by atoms with Crippen molar-refractivity contribution in [3.05, 3.63) is 0 Å². The summed E-state index contributed by atoms with van der Waals surface area (Å²) < 4.78 is 9.48. The SMILES string of the molecule is C[C@@H](N)C(=O)OC[C@H]1CNC(=O)O1. The van der Waals surface area contributed by atoms with Gasteiger partial charge in [0.2, 0.25) is 0 Å². The Morgan fingerprint density at radius 2 is 2.62 bits per heavy atom. The molecule has 1 saturated heterocycles. The molecule has 0 aromatic rings. The standard InChI is InChI=1S/C7H12N2O4/c1-4(8)6(10)12-3-5-2-9-7(11)13-5/h4-5H,2-3,8H2,1H3,(H,9,11)/t4-,5-/m1/s1. The van der Waals surface area contributed by atoms with Gasteiger partial charge in [0.1, 0.15) is 12.6 Å². The number of carbonyl (C=O) groups excluding carboxylic acids is 2. The minimum atomic E-state index is -0.648. The number of esters is 1. The lowest BCUT2D eigenvalue weighted by molar-refractivity contribution is -0.147. The molecule has 0 radical (unpaired) electrons. The van der Waals surface area contributed by atoms with Gasteiger partial charge in [-0.05, 0) is 6.92 Å². The second-order valence-electron chi connectivity index (χ2n) is 2.83. The molecule has 3 N–H and O–H groups in total. The third-order valence-electron chi connectivity index (χ3n) is 1.53. The molecule has 0 unspecified atom stereocenters. The molecule has 0 aromatic heterocycles. The summed E-state index contributed by atoms with van der Waals surface area (Å²) in [5.74, 6) is -0.497. The van der Waals surface area contributed by atoms with Crippen LogP contribution in [0.5, 0.6) is 0 Å². The van der Waals surface area contributed by atoms with Gasteiger partial charge >= 0.3 is 12.1 Å². The number of nitrogens with one attached hydrogen (secondary N) is 1. The molecule has 1 rings (SSSR count). The number of rotatable bonds is 3. The molecule has 6 nitrogen and oxygen atoms in total. The van der Waals surface area contributed by atoms with Crippen LogP contribution in [0.2, 0.25) is 0 Å². The van der Waals surface area contributed by atoms with Crippen molar-refractivity contribution in [1.82, 2.24) is 5.32 Å². The molecule has 13 heavy (non-hydrogen) atoms. The maximum absolute atomic E-state index is 10.9. The highest BCUT2D eigenvalue weighted by Crippen LogP contribution is 2.00. The Hall–Kier alpha value is -1.30. The van der Waals surface area contributed by atoms with Crippen LogP contribution in [0.1, 0.15) is 6.92 Å². The van der Waals surface area contributed by atoms with Gasteiger partial charge in [-0.2, -0.15) is 0 Å². The van der Waals surface area contributed by atoms with Gasteiger partial charge in [0.25, 0.3) is 0 Å². The molecular formula is C7H12N2O4. The number of amides is 1. The Morgan fingerprint density at radius 3 is 3.08 bits per heavy atom. The van der Waals surface area contributed by atoms with Crippen LogP contribution in [0.25, 0.3) is 0 Å². The lowest BCUT2D eigenvalue weighted by Gasteiger charge is -2.10. The Kier molecular flexibility index (Phi) is 3.07. The quantitative estimate of drug-likeness (QED) is 0.553. The Labute approximate surface area is 75.4 Å². The number of cyclic esters (lactones) is 1. The first-order valence-electron chi connectivity index (χ1n) is 3.96. The van der Waals surface area contributed by atoms with Crippen LogP contribution in [-0.2, 0) is 14.3 Å². The highest BCUT2D eigenvalue weighted by atomic mass is 16.6. The molecule has 6 heteroatoms. The summed E-state index contributed by atoms with van der Waals surface area (Å²) in [6.07, 6.45) is -0.878. The second-order valence-corrected chi connectivity index (χ2v) is 2.83. The Bertz CT molecular complexity index is 217. The van der Waals surface area contributed by atoms with Crippen molar-refractivity contribution in [3.63, 3.8) is 0 Å². The normalized spacial score (nSPS) is 23.2. The summed E-state index contributed by atoms with van der Waals surface area (Å²) in [6.45, 7) is 1.95. The summed E-state index contributed by atoms with van der Waals surface area (Å²) in [7, 11) is 0. The second kappa shape index (κ2) is 4.08. The molecule has 1 fully saturated rings. The molecular weight excluding hydrogens is 176 g/mol. The van der Waals surface area contributed by atoms with Crippen LogP contribution >= 0.6 is 0 Å². The molecule has 2 atom stereocenters. The van der Waals surface area contributed by atoms with Crippen molar-refractivity contribution in [2.45, 2.75) is 19.1 Å². The van der Waals surface area contributed by atoms with E-state index >= 15 is 0 Å². The highest BCUT2D eigenvalue weighted by Gasteiger charge is 2.24. The lowest BCUT2D eigenvalue weighted by atomic mass is 10.3. The zero-order chi connectivity index (χ0) is 9.84. The zero-order valence-corrected chi connectivity index (χ0v) is 7.28. The minimum absolute atomic E-state index is 0.0547. The van der Waals surface area contributed by atoms with Gasteiger partial charge in [-0.15, -0.1) is 0 Å². The van der Waals surface area contributed by atoms with Crippen molar-refractivity contribution >= 4 is 12.1 Å². The molecule has 0 aliphatic carbocycles. The minimum Gasteiger partial charge on any atom is -0.461 e. The van der Waals surface area contributed by atoms with Crippen LogP contribution < -0.4 is 11.1 Å². The van der Waals surface area contributed by atoms with Crippen LogP contribution in [0.4, 0.5) is 4.79 Å². The Balaban J connectivity index is 2.19. The smallest absolute Gasteiger partial charge is 0.407 e.